The van der Waals surface area contributed by atoms with Gasteiger partial charge in [-0.2, -0.15) is 0 Å². The highest BCUT2D eigenvalue weighted by atomic mass is 35.5. The number of carbonyl (C=O) groups is 1. The van der Waals surface area contributed by atoms with E-state index in [1.807, 2.05) is 12.1 Å². The normalized spacial score (nSPS) is 10.4. The number of benzene rings is 1. The number of ether oxygens (including phenoxy) is 1. The van der Waals surface area contributed by atoms with E-state index in [4.69, 9.17) is 16.3 Å². The number of rotatable bonds is 7. The second-order valence-corrected chi connectivity index (χ2v) is 5.36. The molecule has 2 aromatic rings. The monoisotopic (exact) mass is 334 g/mol. The third-order valence-corrected chi connectivity index (χ3v) is 3.21. The molecule has 23 heavy (non-hydrogen) atoms. The van der Waals surface area contributed by atoms with Crippen LogP contribution in [0.4, 0.5) is 11.5 Å². The van der Waals surface area contributed by atoms with Crippen molar-refractivity contribution >= 4 is 29.0 Å². The summed E-state index contributed by atoms with van der Waals surface area (Å²) in [5, 5.41) is 6.55. The van der Waals surface area contributed by atoms with E-state index in [-0.39, 0.29) is 5.91 Å². The van der Waals surface area contributed by atoms with Gasteiger partial charge in [-0.25, -0.2) is 9.97 Å². The molecule has 2 rings (SSSR count). The highest BCUT2D eigenvalue weighted by Gasteiger charge is 2.10. The lowest BCUT2D eigenvalue weighted by atomic mass is 10.3. The second kappa shape index (κ2) is 8.45. The predicted octanol–water partition coefficient (Wildman–Crippen LogP) is 2.95. The van der Waals surface area contributed by atoms with Gasteiger partial charge in [0.25, 0.3) is 5.91 Å². The quantitative estimate of drug-likeness (QED) is 0.761. The molecule has 0 saturated heterocycles. The van der Waals surface area contributed by atoms with Crippen molar-refractivity contribution in [3.63, 3.8) is 0 Å². The first-order chi connectivity index (χ1) is 11.1. The molecule has 0 radical (unpaired) electrons. The van der Waals surface area contributed by atoms with Gasteiger partial charge in [0.15, 0.2) is 0 Å². The largest absolute Gasteiger partial charge is 0.385 e. The van der Waals surface area contributed by atoms with Gasteiger partial charge < -0.3 is 15.4 Å². The van der Waals surface area contributed by atoms with E-state index in [0.717, 1.165) is 12.1 Å². The van der Waals surface area contributed by atoms with Crippen LogP contribution in [0.3, 0.4) is 0 Å². The van der Waals surface area contributed by atoms with Gasteiger partial charge in [0.2, 0.25) is 0 Å². The fourth-order valence-corrected chi connectivity index (χ4v) is 2.16. The minimum atomic E-state index is -0.235. The van der Waals surface area contributed by atoms with Crippen LogP contribution in [0.25, 0.3) is 0 Å². The van der Waals surface area contributed by atoms with Gasteiger partial charge in [0, 0.05) is 37.0 Å². The first-order valence-corrected chi connectivity index (χ1v) is 7.61. The van der Waals surface area contributed by atoms with Gasteiger partial charge in [-0.3, -0.25) is 4.79 Å². The molecular weight excluding hydrogens is 316 g/mol. The Balaban J connectivity index is 2.07. The molecule has 0 aliphatic carbocycles. The predicted molar refractivity (Wildman–Crippen MR) is 90.3 cm³/mol. The first kappa shape index (κ1) is 17.2. The third-order valence-electron chi connectivity index (χ3n) is 2.98. The van der Waals surface area contributed by atoms with Gasteiger partial charge in [-0.15, -0.1) is 0 Å². The number of hydrogen-bond donors (Lipinski definition) is 2. The summed E-state index contributed by atoms with van der Waals surface area (Å²) >= 11 is 5.96. The lowest BCUT2D eigenvalue weighted by Gasteiger charge is -2.09. The molecule has 7 heteroatoms. The zero-order valence-electron chi connectivity index (χ0n) is 13.1. The SMILES string of the molecule is COCCCNC(=O)c1cc(Nc2cccc(Cl)c2)nc(C)n1. The molecule has 0 saturated carbocycles. The van der Waals surface area contributed by atoms with Crippen LogP contribution >= 0.6 is 11.6 Å². The zero-order valence-corrected chi connectivity index (χ0v) is 13.9. The van der Waals surface area contributed by atoms with E-state index in [1.165, 1.54) is 0 Å². The van der Waals surface area contributed by atoms with Crippen LogP contribution in [-0.2, 0) is 4.74 Å². The summed E-state index contributed by atoms with van der Waals surface area (Å²) in [4.78, 5) is 20.6. The molecule has 0 fully saturated rings. The molecule has 0 atom stereocenters. The molecule has 1 heterocycles. The van der Waals surface area contributed by atoms with Crippen LogP contribution in [0.5, 0.6) is 0 Å². The van der Waals surface area contributed by atoms with E-state index in [2.05, 4.69) is 20.6 Å². The van der Waals surface area contributed by atoms with E-state index in [9.17, 15) is 4.79 Å². The summed E-state index contributed by atoms with van der Waals surface area (Å²) in [6.45, 7) is 2.88. The molecule has 1 aromatic carbocycles. The Kier molecular flexibility index (Phi) is 6.31. The van der Waals surface area contributed by atoms with E-state index in [1.54, 1.807) is 32.2 Å². The lowest BCUT2D eigenvalue weighted by Crippen LogP contribution is -2.26. The van der Waals surface area contributed by atoms with Crippen molar-refractivity contribution in [2.45, 2.75) is 13.3 Å². The number of hydrogen-bond acceptors (Lipinski definition) is 5. The Morgan fingerprint density at radius 3 is 2.87 bits per heavy atom. The lowest BCUT2D eigenvalue weighted by molar-refractivity contribution is 0.0943. The average Bonchev–Trinajstić information content (AvgIpc) is 2.51. The molecule has 1 aromatic heterocycles. The summed E-state index contributed by atoms with van der Waals surface area (Å²) in [5.74, 6) is 0.821. The number of halogens is 1. The summed E-state index contributed by atoms with van der Waals surface area (Å²) in [5.41, 5.74) is 1.11. The van der Waals surface area contributed by atoms with Gasteiger partial charge in [0.1, 0.15) is 17.3 Å². The Morgan fingerprint density at radius 1 is 1.30 bits per heavy atom. The standard InChI is InChI=1S/C16H19ClN4O2/c1-11-19-14(16(22)18-7-4-8-23-2)10-15(20-11)21-13-6-3-5-12(17)9-13/h3,5-6,9-10H,4,7-8H2,1-2H3,(H,18,22)(H,19,20,21). The smallest absolute Gasteiger partial charge is 0.270 e. The van der Waals surface area contributed by atoms with Gasteiger partial charge >= 0.3 is 0 Å². The fourth-order valence-electron chi connectivity index (χ4n) is 1.97. The Labute approximate surface area is 140 Å². The van der Waals surface area contributed by atoms with Crippen molar-refractivity contribution in [3.8, 4) is 0 Å². The van der Waals surface area contributed by atoms with Crippen molar-refractivity contribution in [1.29, 1.82) is 0 Å². The van der Waals surface area contributed by atoms with Crippen LogP contribution in [0, 0.1) is 6.92 Å². The molecule has 6 nitrogen and oxygen atoms in total. The first-order valence-electron chi connectivity index (χ1n) is 7.24. The molecule has 0 spiro atoms. The molecule has 0 unspecified atom stereocenters. The maximum Gasteiger partial charge on any atom is 0.270 e. The highest BCUT2D eigenvalue weighted by molar-refractivity contribution is 6.30. The maximum atomic E-state index is 12.1. The number of aryl methyl sites for hydroxylation is 1. The van der Waals surface area contributed by atoms with Crippen LogP contribution in [0.15, 0.2) is 30.3 Å². The summed E-state index contributed by atoms with van der Waals surface area (Å²) in [7, 11) is 1.63. The Morgan fingerprint density at radius 2 is 2.13 bits per heavy atom. The summed E-state index contributed by atoms with van der Waals surface area (Å²) in [6.07, 6.45) is 0.750. The van der Waals surface area contributed by atoms with E-state index < -0.39 is 0 Å². The number of amides is 1. The van der Waals surface area contributed by atoms with Crippen molar-refractivity contribution in [1.82, 2.24) is 15.3 Å². The average molecular weight is 335 g/mol. The van der Waals surface area contributed by atoms with Crippen LogP contribution in [0.1, 0.15) is 22.7 Å². The van der Waals surface area contributed by atoms with Gasteiger partial charge in [-0.05, 0) is 31.5 Å². The maximum absolute atomic E-state index is 12.1. The van der Waals surface area contributed by atoms with Crippen LogP contribution in [0.2, 0.25) is 5.02 Å². The molecular formula is C16H19ClN4O2. The number of carbonyl (C=O) groups excluding carboxylic acids is 1. The number of aromatic nitrogens is 2. The second-order valence-electron chi connectivity index (χ2n) is 4.92. The van der Waals surface area contributed by atoms with Gasteiger partial charge in [0.05, 0.1) is 0 Å². The summed E-state index contributed by atoms with van der Waals surface area (Å²) in [6, 6.07) is 8.88. The van der Waals surface area contributed by atoms with Crippen molar-refractivity contribution in [3.05, 3.63) is 46.9 Å². The Bertz CT molecular complexity index is 679. The number of methoxy groups -OCH3 is 1. The van der Waals surface area contributed by atoms with Crippen molar-refractivity contribution in [2.75, 3.05) is 25.6 Å². The highest BCUT2D eigenvalue weighted by Crippen LogP contribution is 2.19. The minimum absolute atomic E-state index is 0.235. The third kappa shape index (κ3) is 5.50. The molecule has 1 amide bonds. The van der Waals surface area contributed by atoms with Crippen LogP contribution < -0.4 is 10.6 Å². The Hall–Kier alpha value is -2.18. The molecule has 0 bridgehead atoms. The van der Waals surface area contributed by atoms with Crippen molar-refractivity contribution in [2.24, 2.45) is 0 Å². The molecule has 122 valence electrons. The molecule has 2 N–H and O–H groups in total. The van der Waals surface area contributed by atoms with Crippen molar-refractivity contribution < 1.29 is 9.53 Å². The summed E-state index contributed by atoms with van der Waals surface area (Å²) < 4.78 is 4.95. The van der Waals surface area contributed by atoms with Crippen LogP contribution in [-0.4, -0.2) is 36.1 Å². The fraction of sp³-hybridized carbons (Fsp3) is 0.312. The minimum Gasteiger partial charge on any atom is -0.385 e. The van der Waals surface area contributed by atoms with Gasteiger partial charge in [-0.1, -0.05) is 17.7 Å². The van der Waals surface area contributed by atoms with E-state index in [0.29, 0.717) is 35.5 Å². The number of anilines is 2. The zero-order chi connectivity index (χ0) is 16.7. The number of nitrogens with zero attached hydrogens (tertiary/aromatic N) is 2. The van der Waals surface area contributed by atoms with E-state index >= 15 is 0 Å². The topological polar surface area (TPSA) is 76.1 Å². The number of nitrogens with one attached hydrogen (secondary N) is 2. The molecule has 0 aliphatic heterocycles. The molecule has 0 aliphatic rings.